The summed E-state index contributed by atoms with van der Waals surface area (Å²) >= 11 is 0. The highest BCUT2D eigenvalue weighted by Crippen LogP contribution is 2.40. The summed E-state index contributed by atoms with van der Waals surface area (Å²) in [4.78, 5) is 13.9. The number of benzene rings is 2. The van der Waals surface area contributed by atoms with Gasteiger partial charge in [0.25, 0.3) is 0 Å². The van der Waals surface area contributed by atoms with Crippen molar-refractivity contribution in [3.8, 4) is 5.75 Å². The number of halogens is 3. The summed E-state index contributed by atoms with van der Waals surface area (Å²) in [5.41, 5.74) is 5.07. The van der Waals surface area contributed by atoms with Crippen molar-refractivity contribution in [1.29, 1.82) is 10.8 Å². The number of ether oxygens (including phenoxy) is 2. The van der Waals surface area contributed by atoms with Crippen molar-refractivity contribution in [2.45, 2.75) is 39.0 Å². The van der Waals surface area contributed by atoms with Gasteiger partial charge in [0.2, 0.25) is 10.0 Å². The lowest BCUT2D eigenvalue weighted by atomic mass is 10.1. The van der Waals surface area contributed by atoms with Crippen LogP contribution in [-0.4, -0.2) is 69.1 Å². The van der Waals surface area contributed by atoms with E-state index in [0.29, 0.717) is 53.3 Å². The molecule has 42 heavy (non-hydrogen) atoms. The molecular formula is C28H34F3N5O5S. The Labute approximate surface area is 243 Å². The van der Waals surface area contributed by atoms with E-state index in [-0.39, 0.29) is 18.1 Å². The van der Waals surface area contributed by atoms with Gasteiger partial charge in [-0.25, -0.2) is 8.42 Å². The van der Waals surface area contributed by atoms with Gasteiger partial charge >= 0.3 is 12.1 Å². The van der Waals surface area contributed by atoms with Crippen LogP contribution in [0, 0.1) is 10.8 Å². The van der Waals surface area contributed by atoms with Gasteiger partial charge in [-0.3, -0.25) is 19.9 Å². The van der Waals surface area contributed by atoms with E-state index < -0.39 is 51.9 Å². The highest BCUT2D eigenvalue weighted by Gasteiger charge is 2.37. The van der Waals surface area contributed by atoms with Gasteiger partial charge in [-0.15, -0.1) is 0 Å². The molecule has 0 amide bonds. The fourth-order valence-electron chi connectivity index (χ4n) is 4.39. The van der Waals surface area contributed by atoms with Crippen LogP contribution in [0.1, 0.15) is 43.4 Å². The molecule has 228 valence electrons. The van der Waals surface area contributed by atoms with Crippen molar-refractivity contribution in [1.82, 2.24) is 4.90 Å². The summed E-state index contributed by atoms with van der Waals surface area (Å²) in [6, 6.07) is 9.53. The second kappa shape index (κ2) is 13.7. The molecule has 0 bridgehead atoms. The average Bonchev–Trinajstić information content (AvgIpc) is 2.91. The van der Waals surface area contributed by atoms with Gasteiger partial charge in [-0.1, -0.05) is 30.4 Å². The topological polar surface area (TPSA) is 150 Å². The smallest absolute Gasteiger partial charge is 0.420 e. The Kier molecular flexibility index (Phi) is 10.6. The summed E-state index contributed by atoms with van der Waals surface area (Å²) < 4.78 is 80.3. The van der Waals surface area contributed by atoms with Gasteiger partial charge in [0.15, 0.2) is 5.75 Å². The van der Waals surface area contributed by atoms with E-state index in [9.17, 15) is 26.4 Å². The van der Waals surface area contributed by atoms with Crippen molar-refractivity contribution in [3.05, 3.63) is 65.2 Å². The number of nitrogens with one attached hydrogen (secondary N) is 2. The second-order valence-electron chi connectivity index (χ2n) is 9.60. The number of hydrogen-bond donors (Lipinski definition) is 3. The standard InChI is InChI=1S/C28H34F3N5O5S/c1-3-40-26(37)18-42(38,39)36(13-5-7-20-6-4-8-21(16-20)27(33)34)22-9-10-25(24(17-22)28(29,30)31)41-23-11-14-35(15-12-23)19(2)32/h4-10,16-17,23,32H,3,11-15,18H2,1-2H3,(H3,33,34). The number of piperidine rings is 1. The van der Waals surface area contributed by atoms with Crippen molar-refractivity contribution in [2.24, 2.45) is 5.73 Å². The lowest BCUT2D eigenvalue weighted by Gasteiger charge is -2.33. The zero-order valence-corrected chi connectivity index (χ0v) is 24.1. The molecule has 1 aliphatic heterocycles. The summed E-state index contributed by atoms with van der Waals surface area (Å²) in [6.45, 7) is 3.63. The Balaban J connectivity index is 1.95. The molecule has 0 atom stereocenters. The van der Waals surface area contributed by atoms with Crippen molar-refractivity contribution < 1.29 is 35.9 Å². The third-order valence-corrected chi connectivity index (χ3v) is 8.12. The molecule has 4 N–H and O–H groups in total. The summed E-state index contributed by atoms with van der Waals surface area (Å²) in [5, 5.41) is 15.3. The molecule has 0 unspecified atom stereocenters. The number of sulfonamides is 1. The fraction of sp³-hybridized carbons (Fsp3) is 0.393. The molecule has 0 saturated carbocycles. The van der Waals surface area contributed by atoms with Gasteiger partial charge in [-0.2, -0.15) is 13.2 Å². The number of likely N-dealkylation sites (tertiary alicyclic amines) is 1. The van der Waals surface area contributed by atoms with Crippen LogP contribution in [0.15, 0.2) is 48.5 Å². The first-order valence-electron chi connectivity index (χ1n) is 13.2. The Morgan fingerprint density at radius 3 is 2.45 bits per heavy atom. The molecule has 2 aromatic carbocycles. The first kappa shape index (κ1) is 32.4. The Hall–Kier alpha value is -4.07. The van der Waals surface area contributed by atoms with Crippen LogP contribution in [0.25, 0.3) is 6.08 Å². The quantitative estimate of drug-likeness (QED) is 0.196. The molecule has 1 fully saturated rings. The number of nitrogen functional groups attached to an aromatic ring is 1. The molecule has 1 heterocycles. The number of esters is 1. The first-order valence-corrected chi connectivity index (χ1v) is 14.8. The molecule has 0 spiro atoms. The number of anilines is 1. The minimum absolute atomic E-state index is 0.0661. The number of nitrogens with zero attached hydrogens (tertiary/aromatic N) is 2. The van der Waals surface area contributed by atoms with Crippen LogP contribution in [0.4, 0.5) is 18.9 Å². The lowest BCUT2D eigenvalue weighted by Crippen LogP contribution is -2.40. The molecule has 0 aromatic heterocycles. The van der Waals surface area contributed by atoms with Crippen LogP contribution in [0.3, 0.4) is 0 Å². The van der Waals surface area contributed by atoms with Gasteiger partial charge < -0.3 is 20.1 Å². The molecule has 10 nitrogen and oxygen atoms in total. The van der Waals surface area contributed by atoms with Gasteiger partial charge in [-0.05, 0) is 43.7 Å². The fourth-order valence-corrected chi connectivity index (χ4v) is 5.67. The zero-order valence-electron chi connectivity index (χ0n) is 23.3. The van der Waals surface area contributed by atoms with Crippen LogP contribution < -0.4 is 14.8 Å². The number of rotatable bonds is 11. The Bertz CT molecular complexity index is 1440. The van der Waals surface area contributed by atoms with Gasteiger partial charge in [0.05, 0.1) is 30.2 Å². The van der Waals surface area contributed by atoms with Crippen LogP contribution >= 0.6 is 0 Å². The lowest BCUT2D eigenvalue weighted by molar-refractivity contribution is -0.140. The van der Waals surface area contributed by atoms with Crippen molar-refractivity contribution in [3.63, 3.8) is 0 Å². The van der Waals surface area contributed by atoms with Crippen molar-refractivity contribution >= 4 is 39.4 Å². The monoisotopic (exact) mass is 609 g/mol. The van der Waals surface area contributed by atoms with E-state index in [2.05, 4.69) is 0 Å². The number of alkyl halides is 3. The summed E-state index contributed by atoms with van der Waals surface area (Å²) in [5.74, 6) is -2.34. The minimum Gasteiger partial charge on any atom is -0.490 e. The molecule has 0 aliphatic carbocycles. The second-order valence-corrected chi connectivity index (χ2v) is 11.5. The highest BCUT2D eigenvalue weighted by molar-refractivity contribution is 7.93. The summed E-state index contributed by atoms with van der Waals surface area (Å²) in [6.07, 6.45) is -1.58. The number of carbonyl (C=O) groups excluding carboxylic acids is 1. The number of nitrogens with two attached hydrogens (primary N) is 1. The Morgan fingerprint density at radius 1 is 1.17 bits per heavy atom. The normalized spacial score (nSPS) is 14.5. The van der Waals surface area contributed by atoms with E-state index in [4.69, 9.17) is 26.0 Å². The largest absolute Gasteiger partial charge is 0.490 e. The highest BCUT2D eigenvalue weighted by atomic mass is 32.2. The molecule has 1 saturated heterocycles. The maximum atomic E-state index is 14.2. The van der Waals surface area contributed by atoms with Crippen LogP contribution in [0.5, 0.6) is 5.75 Å². The van der Waals surface area contributed by atoms with Crippen LogP contribution in [0.2, 0.25) is 0 Å². The maximum absolute atomic E-state index is 14.2. The average molecular weight is 610 g/mol. The minimum atomic E-state index is -4.86. The van der Waals surface area contributed by atoms with E-state index >= 15 is 0 Å². The zero-order chi connectivity index (χ0) is 31.1. The summed E-state index contributed by atoms with van der Waals surface area (Å²) in [7, 11) is -4.47. The predicted molar refractivity (Wildman–Crippen MR) is 154 cm³/mol. The number of hydrogen-bond acceptors (Lipinski definition) is 7. The van der Waals surface area contributed by atoms with E-state index in [1.165, 1.54) is 25.1 Å². The molecular weight excluding hydrogens is 575 g/mol. The molecule has 2 aromatic rings. The van der Waals surface area contributed by atoms with E-state index in [0.717, 1.165) is 6.07 Å². The Morgan fingerprint density at radius 2 is 1.86 bits per heavy atom. The van der Waals surface area contributed by atoms with Crippen LogP contribution in [-0.2, 0) is 25.7 Å². The third kappa shape index (κ3) is 8.71. The first-order chi connectivity index (χ1) is 19.7. The SMILES string of the molecule is CCOC(=O)CS(=O)(=O)N(CC=Cc1cccc(C(=N)N)c1)c1ccc(OC2CCN(C(C)=N)CC2)c(C(F)(F)F)c1. The molecule has 3 rings (SSSR count). The number of carbonyl (C=O) groups is 1. The van der Waals surface area contributed by atoms with E-state index in [1.54, 1.807) is 31.2 Å². The third-order valence-electron chi connectivity index (χ3n) is 6.49. The molecule has 0 radical (unpaired) electrons. The number of amidine groups is 2. The molecule has 14 heteroatoms. The maximum Gasteiger partial charge on any atom is 0.420 e. The van der Waals surface area contributed by atoms with E-state index in [1.807, 2.05) is 4.90 Å². The van der Waals surface area contributed by atoms with Crippen molar-refractivity contribution in [2.75, 3.05) is 36.3 Å². The predicted octanol–water partition coefficient (Wildman–Crippen LogP) is 4.24. The van der Waals surface area contributed by atoms with Gasteiger partial charge in [0.1, 0.15) is 17.7 Å². The molecule has 1 aliphatic rings. The van der Waals surface area contributed by atoms with Gasteiger partial charge in [0, 0.05) is 31.5 Å².